The van der Waals surface area contributed by atoms with Crippen LogP contribution in [0.5, 0.6) is 5.88 Å². The zero-order valence-electron chi connectivity index (χ0n) is 11.4. The van der Waals surface area contributed by atoms with Crippen LogP contribution in [0.25, 0.3) is 22.2 Å². The number of rotatable bonds is 3. The third-order valence-electron chi connectivity index (χ3n) is 2.99. The molecule has 21 heavy (non-hydrogen) atoms. The van der Waals surface area contributed by atoms with E-state index in [1.54, 1.807) is 18.3 Å². The zero-order chi connectivity index (χ0) is 14.8. The van der Waals surface area contributed by atoms with Gasteiger partial charge in [0.25, 0.3) is 0 Å². The Morgan fingerprint density at radius 2 is 1.95 bits per heavy atom. The van der Waals surface area contributed by atoms with Gasteiger partial charge in [-0.15, -0.1) is 0 Å². The summed E-state index contributed by atoms with van der Waals surface area (Å²) in [4.78, 5) is 12.6. The van der Waals surface area contributed by atoms with E-state index in [9.17, 15) is 4.39 Å². The molecule has 0 aliphatic heterocycles. The number of nitrogens with two attached hydrogens (primary N) is 1. The molecule has 0 aliphatic rings. The van der Waals surface area contributed by atoms with E-state index in [4.69, 9.17) is 10.5 Å². The Balaban J connectivity index is 2.16. The molecule has 0 amide bonds. The lowest BCUT2D eigenvalue weighted by Gasteiger charge is -2.08. The summed E-state index contributed by atoms with van der Waals surface area (Å²) in [5.41, 5.74) is 7.75. The summed E-state index contributed by atoms with van der Waals surface area (Å²) in [7, 11) is 0. The third-order valence-corrected chi connectivity index (χ3v) is 2.99. The average Bonchev–Trinajstić information content (AvgIpc) is 2.48. The first kappa shape index (κ1) is 13.2. The first-order valence-electron chi connectivity index (χ1n) is 6.49. The van der Waals surface area contributed by atoms with Crippen molar-refractivity contribution in [2.45, 2.75) is 6.92 Å². The topological polar surface area (TPSA) is 73.9 Å². The SMILES string of the molecule is CCOc1nc(N)nc2cnc(-c3ccc(F)cc3)cc12. The minimum atomic E-state index is -0.286. The van der Waals surface area contributed by atoms with Crippen molar-refractivity contribution in [1.82, 2.24) is 15.0 Å². The Bertz CT molecular complexity index is 790. The Labute approximate surface area is 120 Å². The molecule has 0 fully saturated rings. The van der Waals surface area contributed by atoms with Crippen LogP contribution in [0, 0.1) is 5.82 Å². The summed E-state index contributed by atoms with van der Waals surface area (Å²) >= 11 is 0. The van der Waals surface area contributed by atoms with E-state index in [1.807, 2.05) is 13.0 Å². The third kappa shape index (κ3) is 2.60. The molecule has 0 radical (unpaired) electrons. The number of anilines is 1. The fourth-order valence-corrected chi connectivity index (χ4v) is 2.05. The maximum Gasteiger partial charge on any atom is 0.226 e. The number of ether oxygens (including phenoxy) is 1. The molecular formula is C15H13FN4O. The molecule has 0 aliphatic carbocycles. The lowest BCUT2D eigenvalue weighted by molar-refractivity contribution is 0.331. The van der Waals surface area contributed by atoms with Crippen molar-refractivity contribution in [3.8, 4) is 17.1 Å². The first-order chi connectivity index (χ1) is 10.2. The average molecular weight is 284 g/mol. The molecule has 106 valence electrons. The molecule has 0 saturated heterocycles. The van der Waals surface area contributed by atoms with Crippen LogP contribution in [0.1, 0.15) is 6.92 Å². The van der Waals surface area contributed by atoms with Gasteiger partial charge in [-0.25, -0.2) is 9.37 Å². The largest absolute Gasteiger partial charge is 0.477 e. The normalized spacial score (nSPS) is 10.8. The number of halogens is 1. The van der Waals surface area contributed by atoms with Gasteiger partial charge in [0.05, 0.1) is 29.4 Å². The van der Waals surface area contributed by atoms with Gasteiger partial charge in [0, 0.05) is 5.56 Å². The molecule has 6 heteroatoms. The molecule has 0 saturated carbocycles. The highest BCUT2D eigenvalue weighted by molar-refractivity contribution is 5.87. The van der Waals surface area contributed by atoms with Crippen molar-refractivity contribution in [3.63, 3.8) is 0 Å². The van der Waals surface area contributed by atoms with Crippen LogP contribution in [-0.2, 0) is 0 Å². The van der Waals surface area contributed by atoms with E-state index in [-0.39, 0.29) is 11.8 Å². The van der Waals surface area contributed by atoms with Crippen molar-refractivity contribution < 1.29 is 9.13 Å². The fraction of sp³-hybridized carbons (Fsp3) is 0.133. The van der Waals surface area contributed by atoms with Gasteiger partial charge in [-0.05, 0) is 37.3 Å². The number of nitrogens with zero attached hydrogens (tertiary/aromatic N) is 3. The molecular weight excluding hydrogens is 271 g/mol. The van der Waals surface area contributed by atoms with Crippen LogP contribution in [0.3, 0.4) is 0 Å². The minimum absolute atomic E-state index is 0.141. The molecule has 1 aromatic carbocycles. The smallest absolute Gasteiger partial charge is 0.226 e. The van der Waals surface area contributed by atoms with Crippen molar-refractivity contribution in [2.24, 2.45) is 0 Å². The summed E-state index contributed by atoms with van der Waals surface area (Å²) in [5, 5.41) is 0.723. The van der Waals surface area contributed by atoms with Crippen LogP contribution in [0.15, 0.2) is 36.5 Å². The standard InChI is InChI=1S/C15H13FN4O/c1-2-21-14-11-7-12(9-3-5-10(16)6-4-9)18-8-13(11)19-15(17)20-14/h3-8H,2H2,1H3,(H2,17,19,20). The predicted molar refractivity (Wildman–Crippen MR) is 78.3 cm³/mol. The monoisotopic (exact) mass is 284 g/mol. The number of hydrogen-bond acceptors (Lipinski definition) is 5. The molecule has 2 heterocycles. The summed E-state index contributed by atoms with van der Waals surface area (Å²) < 4.78 is 18.5. The lowest BCUT2D eigenvalue weighted by atomic mass is 10.1. The Morgan fingerprint density at radius 1 is 1.19 bits per heavy atom. The second-order valence-electron chi connectivity index (χ2n) is 4.41. The van der Waals surface area contributed by atoms with Gasteiger partial charge in [0.2, 0.25) is 11.8 Å². The molecule has 0 unspecified atom stereocenters. The van der Waals surface area contributed by atoms with E-state index in [2.05, 4.69) is 15.0 Å². The van der Waals surface area contributed by atoms with Crippen molar-refractivity contribution in [1.29, 1.82) is 0 Å². The summed E-state index contributed by atoms with van der Waals surface area (Å²) in [5.74, 6) is 0.277. The predicted octanol–water partition coefficient (Wildman–Crippen LogP) is 2.81. The Hall–Kier alpha value is -2.76. The second-order valence-corrected chi connectivity index (χ2v) is 4.41. The first-order valence-corrected chi connectivity index (χ1v) is 6.49. The van der Waals surface area contributed by atoms with Crippen LogP contribution >= 0.6 is 0 Å². The molecule has 3 aromatic rings. The molecule has 0 bridgehead atoms. The summed E-state index contributed by atoms with van der Waals surface area (Å²) in [6.45, 7) is 2.34. The van der Waals surface area contributed by atoms with Crippen molar-refractivity contribution >= 4 is 16.9 Å². The van der Waals surface area contributed by atoms with Crippen LogP contribution in [-0.4, -0.2) is 21.6 Å². The second kappa shape index (κ2) is 5.32. The maximum atomic E-state index is 13.0. The van der Waals surface area contributed by atoms with Crippen molar-refractivity contribution in [3.05, 3.63) is 42.3 Å². The van der Waals surface area contributed by atoms with Crippen LogP contribution < -0.4 is 10.5 Å². The highest BCUT2D eigenvalue weighted by atomic mass is 19.1. The lowest BCUT2D eigenvalue weighted by Crippen LogP contribution is -2.02. The number of hydrogen-bond donors (Lipinski definition) is 1. The molecule has 3 rings (SSSR count). The van der Waals surface area contributed by atoms with Gasteiger partial charge in [0.1, 0.15) is 5.82 Å². The quantitative estimate of drug-likeness (QED) is 0.800. The van der Waals surface area contributed by atoms with Gasteiger partial charge < -0.3 is 10.5 Å². The molecule has 2 N–H and O–H groups in total. The van der Waals surface area contributed by atoms with Gasteiger partial charge in [-0.2, -0.15) is 4.98 Å². The molecule has 5 nitrogen and oxygen atoms in total. The zero-order valence-corrected chi connectivity index (χ0v) is 11.4. The maximum absolute atomic E-state index is 13.0. The highest BCUT2D eigenvalue weighted by Crippen LogP contribution is 2.27. The molecule has 2 aromatic heterocycles. The van der Waals surface area contributed by atoms with E-state index < -0.39 is 0 Å². The van der Waals surface area contributed by atoms with Gasteiger partial charge in [-0.1, -0.05) is 0 Å². The number of pyridine rings is 1. The van der Waals surface area contributed by atoms with Gasteiger partial charge >= 0.3 is 0 Å². The van der Waals surface area contributed by atoms with Crippen molar-refractivity contribution in [2.75, 3.05) is 12.3 Å². The van der Waals surface area contributed by atoms with E-state index in [1.165, 1.54) is 12.1 Å². The number of nitrogen functional groups attached to an aromatic ring is 1. The number of aromatic nitrogens is 3. The van der Waals surface area contributed by atoms with E-state index in [0.717, 1.165) is 10.9 Å². The number of fused-ring (bicyclic) bond motifs is 1. The van der Waals surface area contributed by atoms with E-state index >= 15 is 0 Å². The Kier molecular flexibility index (Phi) is 3.35. The van der Waals surface area contributed by atoms with Gasteiger partial charge in [0.15, 0.2) is 0 Å². The highest BCUT2D eigenvalue weighted by Gasteiger charge is 2.10. The van der Waals surface area contributed by atoms with Crippen LogP contribution in [0.2, 0.25) is 0 Å². The fourth-order valence-electron chi connectivity index (χ4n) is 2.05. The van der Waals surface area contributed by atoms with Crippen LogP contribution in [0.4, 0.5) is 10.3 Å². The molecule has 0 atom stereocenters. The molecule has 0 spiro atoms. The van der Waals surface area contributed by atoms with E-state index in [0.29, 0.717) is 23.7 Å². The van der Waals surface area contributed by atoms with Gasteiger partial charge in [-0.3, -0.25) is 4.98 Å². The number of benzene rings is 1. The Morgan fingerprint density at radius 3 is 2.67 bits per heavy atom. The summed E-state index contributed by atoms with van der Waals surface area (Å²) in [6.07, 6.45) is 1.61. The summed E-state index contributed by atoms with van der Waals surface area (Å²) in [6, 6.07) is 7.94. The minimum Gasteiger partial charge on any atom is -0.477 e.